The molecule has 58 valence electrons. The Bertz CT molecular complexity index is 234. The van der Waals surface area contributed by atoms with Crippen LogP contribution in [0.1, 0.15) is 17.0 Å². The van der Waals surface area contributed by atoms with Gasteiger partial charge in [0.2, 0.25) is 0 Å². The van der Waals surface area contributed by atoms with Crippen LogP contribution in [-0.2, 0) is 0 Å². The fraction of sp³-hybridized carbons (Fsp3) is 0.400. The van der Waals surface area contributed by atoms with Crippen molar-refractivity contribution < 1.29 is 0 Å². The number of benzene rings is 1. The zero-order valence-corrected chi connectivity index (χ0v) is 6.80. The highest BCUT2D eigenvalue weighted by atomic mass is 14.9. The summed E-state index contributed by atoms with van der Waals surface area (Å²) in [4.78, 5) is 0. The first kappa shape index (κ1) is 6.86. The summed E-state index contributed by atoms with van der Waals surface area (Å²) in [5.41, 5.74) is 2.83. The second kappa shape index (κ2) is 2.67. The third-order valence-electron chi connectivity index (χ3n) is 2.33. The normalized spacial score (nSPS) is 17.9. The minimum atomic E-state index is 0.774. The summed E-state index contributed by atoms with van der Waals surface area (Å²) in [6.07, 6.45) is 0. The summed E-state index contributed by atoms with van der Waals surface area (Å²) in [6.45, 7) is 4.44. The van der Waals surface area contributed by atoms with Crippen molar-refractivity contribution >= 4 is 0 Å². The second-order valence-corrected chi connectivity index (χ2v) is 3.27. The van der Waals surface area contributed by atoms with Crippen molar-refractivity contribution in [1.82, 2.24) is 5.32 Å². The number of hydrogen-bond acceptors (Lipinski definition) is 1. The van der Waals surface area contributed by atoms with Crippen LogP contribution in [0, 0.1) is 6.92 Å². The molecular weight excluding hydrogens is 134 g/mol. The van der Waals surface area contributed by atoms with E-state index in [9.17, 15) is 0 Å². The van der Waals surface area contributed by atoms with Crippen molar-refractivity contribution in [3.63, 3.8) is 0 Å². The lowest BCUT2D eigenvalue weighted by atomic mass is 9.93. The maximum Gasteiger partial charge on any atom is 0.00885 e. The second-order valence-electron chi connectivity index (χ2n) is 3.27. The van der Waals surface area contributed by atoms with E-state index in [1.807, 2.05) is 0 Å². The first-order valence-electron chi connectivity index (χ1n) is 4.13. The van der Waals surface area contributed by atoms with Crippen molar-refractivity contribution in [3.8, 4) is 0 Å². The Labute approximate surface area is 67.4 Å². The average molecular weight is 147 g/mol. The highest BCUT2D eigenvalue weighted by molar-refractivity contribution is 5.26. The van der Waals surface area contributed by atoms with Crippen LogP contribution in [0.15, 0.2) is 24.3 Å². The van der Waals surface area contributed by atoms with E-state index in [1.54, 1.807) is 0 Å². The smallest absolute Gasteiger partial charge is 0.00885 e. The highest BCUT2D eigenvalue weighted by Gasteiger charge is 2.17. The summed E-state index contributed by atoms with van der Waals surface area (Å²) in [6, 6.07) is 8.85. The molecule has 0 unspecified atom stereocenters. The molecule has 0 radical (unpaired) electrons. The monoisotopic (exact) mass is 147 g/mol. The minimum Gasteiger partial charge on any atom is -0.315 e. The summed E-state index contributed by atoms with van der Waals surface area (Å²) < 4.78 is 0. The molecule has 0 aromatic heterocycles. The van der Waals surface area contributed by atoms with Gasteiger partial charge in [-0.2, -0.15) is 0 Å². The van der Waals surface area contributed by atoms with Gasteiger partial charge in [0.05, 0.1) is 0 Å². The van der Waals surface area contributed by atoms with E-state index in [0.29, 0.717) is 0 Å². The standard InChI is InChI=1S/C10H13N/c1-8-2-4-9(5-3-8)10-6-11-7-10/h2-5,10-11H,6-7H2,1H3. The maximum absolute atomic E-state index is 3.27. The molecule has 0 amide bonds. The van der Waals surface area contributed by atoms with Crippen LogP contribution >= 0.6 is 0 Å². The van der Waals surface area contributed by atoms with Gasteiger partial charge in [0.1, 0.15) is 0 Å². The molecule has 1 fully saturated rings. The summed E-state index contributed by atoms with van der Waals surface area (Å²) >= 11 is 0. The summed E-state index contributed by atoms with van der Waals surface area (Å²) in [5, 5.41) is 3.27. The SMILES string of the molecule is Cc1ccc(C2CNC2)cc1. The molecule has 1 heteroatoms. The molecule has 1 aromatic rings. The number of nitrogens with one attached hydrogen (secondary N) is 1. The van der Waals surface area contributed by atoms with Crippen LogP contribution in [-0.4, -0.2) is 13.1 Å². The van der Waals surface area contributed by atoms with Crippen molar-refractivity contribution in [2.75, 3.05) is 13.1 Å². The Morgan fingerprint density at radius 2 is 1.82 bits per heavy atom. The van der Waals surface area contributed by atoms with Gasteiger partial charge in [-0.3, -0.25) is 0 Å². The van der Waals surface area contributed by atoms with Crippen LogP contribution in [0.3, 0.4) is 0 Å². The van der Waals surface area contributed by atoms with Crippen molar-refractivity contribution in [2.24, 2.45) is 0 Å². The molecule has 0 spiro atoms. The average Bonchev–Trinajstić information content (AvgIpc) is 1.90. The Morgan fingerprint density at radius 1 is 1.18 bits per heavy atom. The maximum atomic E-state index is 3.27. The highest BCUT2D eigenvalue weighted by Crippen LogP contribution is 2.19. The predicted octanol–water partition coefficient (Wildman–Crippen LogP) is 1.68. The van der Waals surface area contributed by atoms with Gasteiger partial charge in [0.25, 0.3) is 0 Å². The number of rotatable bonds is 1. The van der Waals surface area contributed by atoms with E-state index in [4.69, 9.17) is 0 Å². The van der Waals surface area contributed by atoms with E-state index in [1.165, 1.54) is 11.1 Å². The van der Waals surface area contributed by atoms with Crippen molar-refractivity contribution in [2.45, 2.75) is 12.8 Å². The van der Waals surface area contributed by atoms with Gasteiger partial charge in [-0.1, -0.05) is 29.8 Å². The first-order valence-corrected chi connectivity index (χ1v) is 4.13. The van der Waals surface area contributed by atoms with Gasteiger partial charge in [-0.15, -0.1) is 0 Å². The van der Waals surface area contributed by atoms with Gasteiger partial charge in [0, 0.05) is 19.0 Å². The molecule has 1 nitrogen and oxygen atoms in total. The van der Waals surface area contributed by atoms with Gasteiger partial charge in [0.15, 0.2) is 0 Å². The van der Waals surface area contributed by atoms with Crippen LogP contribution < -0.4 is 5.32 Å². The quantitative estimate of drug-likeness (QED) is 0.637. The largest absolute Gasteiger partial charge is 0.315 e. The van der Waals surface area contributed by atoms with Crippen LogP contribution in [0.5, 0.6) is 0 Å². The molecule has 1 aliphatic heterocycles. The number of hydrogen-bond donors (Lipinski definition) is 1. The molecule has 1 N–H and O–H groups in total. The minimum absolute atomic E-state index is 0.774. The molecule has 1 saturated heterocycles. The molecule has 0 saturated carbocycles. The molecular formula is C10H13N. The zero-order chi connectivity index (χ0) is 7.68. The van der Waals surface area contributed by atoms with Crippen LogP contribution in [0.4, 0.5) is 0 Å². The molecule has 0 aliphatic carbocycles. The van der Waals surface area contributed by atoms with E-state index < -0.39 is 0 Å². The van der Waals surface area contributed by atoms with Gasteiger partial charge in [-0.25, -0.2) is 0 Å². The third-order valence-corrected chi connectivity index (χ3v) is 2.33. The van der Waals surface area contributed by atoms with Crippen LogP contribution in [0.25, 0.3) is 0 Å². The summed E-state index contributed by atoms with van der Waals surface area (Å²) in [7, 11) is 0. The van der Waals surface area contributed by atoms with Crippen molar-refractivity contribution in [1.29, 1.82) is 0 Å². The molecule has 2 rings (SSSR count). The topological polar surface area (TPSA) is 12.0 Å². The molecule has 1 aromatic carbocycles. The van der Waals surface area contributed by atoms with E-state index in [2.05, 4.69) is 36.5 Å². The molecule has 11 heavy (non-hydrogen) atoms. The first-order chi connectivity index (χ1) is 5.36. The molecule has 0 atom stereocenters. The van der Waals surface area contributed by atoms with Crippen LogP contribution in [0.2, 0.25) is 0 Å². The lowest BCUT2D eigenvalue weighted by Crippen LogP contribution is -2.39. The Kier molecular flexibility index (Phi) is 1.66. The van der Waals surface area contributed by atoms with Gasteiger partial charge in [-0.05, 0) is 12.5 Å². The Hall–Kier alpha value is -0.820. The molecule has 1 heterocycles. The predicted molar refractivity (Wildman–Crippen MR) is 46.8 cm³/mol. The Morgan fingerprint density at radius 3 is 2.27 bits per heavy atom. The molecule has 0 bridgehead atoms. The number of aryl methyl sites for hydroxylation is 1. The van der Waals surface area contributed by atoms with Gasteiger partial charge >= 0.3 is 0 Å². The van der Waals surface area contributed by atoms with Gasteiger partial charge < -0.3 is 5.32 Å². The third kappa shape index (κ3) is 1.29. The summed E-state index contributed by atoms with van der Waals surface area (Å²) in [5.74, 6) is 0.774. The van der Waals surface area contributed by atoms with E-state index in [-0.39, 0.29) is 0 Å². The van der Waals surface area contributed by atoms with Crippen molar-refractivity contribution in [3.05, 3.63) is 35.4 Å². The fourth-order valence-corrected chi connectivity index (χ4v) is 1.36. The van der Waals surface area contributed by atoms with E-state index >= 15 is 0 Å². The fourth-order valence-electron chi connectivity index (χ4n) is 1.36. The zero-order valence-electron chi connectivity index (χ0n) is 6.80. The molecule has 1 aliphatic rings. The lowest BCUT2D eigenvalue weighted by molar-refractivity contribution is 0.448. The van der Waals surface area contributed by atoms with E-state index in [0.717, 1.165) is 19.0 Å². The Balaban J connectivity index is 2.18. The lowest BCUT2D eigenvalue weighted by Gasteiger charge is -2.27.